The molecule has 1 aromatic carbocycles. The summed E-state index contributed by atoms with van der Waals surface area (Å²) in [5.41, 5.74) is 8.16. The number of nitrogens with one attached hydrogen (secondary N) is 1. The summed E-state index contributed by atoms with van der Waals surface area (Å²) >= 11 is 0. The Morgan fingerprint density at radius 3 is 3.13 bits per heavy atom. The highest BCUT2D eigenvalue weighted by molar-refractivity contribution is 5.57. The Balaban J connectivity index is 2.16. The largest absolute Gasteiger partial charge is 0.497 e. The summed E-state index contributed by atoms with van der Waals surface area (Å²) < 4.78 is 5.21. The average molecular weight is 206 g/mol. The summed E-state index contributed by atoms with van der Waals surface area (Å²) in [6.07, 6.45) is 3.35. The van der Waals surface area contributed by atoms with Crippen LogP contribution in [0.5, 0.6) is 5.75 Å². The van der Waals surface area contributed by atoms with E-state index < -0.39 is 0 Å². The molecule has 1 unspecified atom stereocenters. The van der Waals surface area contributed by atoms with Crippen LogP contribution in [0.2, 0.25) is 0 Å². The average Bonchev–Trinajstić information content (AvgIpc) is 2.28. The lowest BCUT2D eigenvalue weighted by molar-refractivity contribution is 0.414. The van der Waals surface area contributed by atoms with Crippen LogP contribution in [0.4, 0.5) is 5.69 Å². The van der Waals surface area contributed by atoms with Crippen molar-refractivity contribution in [3.05, 3.63) is 23.8 Å². The van der Waals surface area contributed by atoms with Crippen LogP contribution in [-0.2, 0) is 6.42 Å². The zero-order chi connectivity index (χ0) is 10.7. The molecular weight excluding hydrogens is 188 g/mol. The lowest BCUT2D eigenvalue weighted by Crippen LogP contribution is -2.27. The van der Waals surface area contributed by atoms with Crippen LogP contribution in [0.25, 0.3) is 0 Å². The molecule has 1 heterocycles. The maximum atomic E-state index is 5.57. The summed E-state index contributed by atoms with van der Waals surface area (Å²) in [5, 5.41) is 3.51. The number of hydrogen-bond acceptors (Lipinski definition) is 3. The molecule has 1 aromatic rings. The van der Waals surface area contributed by atoms with E-state index in [-0.39, 0.29) is 0 Å². The third kappa shape index (κ3) is 2.23. The van der Waals surface area contributed by atoms with Gasteiger partial charge in [-0.3, -0.25) is 0 Å². The van der Waals surface area contributed by atoms with Crippen molar-refractivity contribution in [2.24, 2.45) is 5.73 Å². The first kappa shape index (κ1) is 10.3. The van der Waals surface area contributed by atoms with Crippen molar-refractivity contribution in [2.75, 3.05) is 19.0 Å². The van der Waals surface area contributed by atoms with Gasteiger partial charge in [-0.05, 0) is 37.4 Å². The summed E-state index contributed by atoms with van der Waals surface area (Å²) in [6.45, 7) is 0.747. The molecule has 0 aromatic heterocycles. The normalized spacial score (nSPS) is 19.2. The molecule has 82 valence electrons. The van der Waals surface area contributed by atoms with Crippen LogP contribution in [0, 0.1) is 0 Å². The second kappa shape index (κ2) is 4.53. The Hall–Kier alpha value is -1.22. The molecule has 0 aliphatic carbocycles. The summed E-state index contributed by atoms with van der Waals surface area (Å²) in [6, 6.07) is 6.75. The van der Waals surface area contributed by atoms with E-state index in [1.807, 2.05) is 6.07 Å². The summed E-state index contributed by atoms with van der Waals surface area (Å²) in [5.74, 6) is 0.912. The maximum absolute atomic E-state index is 5.57. The van der Waals surface area contributed by atoms with Crippen molar-refractivity contribution in [3.63, 3.8) is 0 Å². The van der Waals surface area contributed by atoms with Gasteiger partial charge in [-0.15, -0.1) is 0 Å². The number of methoxy groups -OCH3 is 1. The van der Waals surface area contributed by atoms with Gasteiger partial charge in [-0.1, -0.05) is 6.07 Å². The first-order chi connectivity index (χ1) is 7.33. The zero-order valence-electron chi connectivity index (χ0n) is 9.12. The third-order valence-corrected chi connectivity index (χ3v) is 2.95. The number of aryl methyl sites for hydroxylation is 1. The minimum Gasteiger partial charge on any atom is -0.497 e. The van der Waals surface area contributed by atoms with Gasteiger partial charge in [0.1, 0.15) is 5.75 Å². The fourth-order valence-electron chi connectivity index (χ4n) is 2.07. The molecule has 0 spiro atoms. The number of fused-ring (bicyclic) bond motifs is 1. The van der Waals surface area contributed by atoms with E-state index in [1.165, 1.54) is 17.7 Å². The number of ether oxygens (including phenoxy) is 1. The highest BCUT2D eigenvalue weighted by Gasteiger charge is 2.17. The van der Waals surface area contributed by atoms with Gasteiger partial charge in [0, 0.05) is 17.8 Å². The smallest absolute Gasteiger partial charge is 0.120 e. The number of rotatable bonds is 3. The van der Waals surface area contributed by atoms with Gasteiger partial charge in [0.2, 0.25) is 0 Å². The summed E-state index contributed by atoms with van der Waals surface area (Å²) in [4.78, 5) is 0. The molecule has 2 rings (SSSR count). The highest BCUT2D eigenvalue weighted by atomic mass is 16.5. The molecule has 1 aliphatic rings. The molecule has 1 aliphatic heterocycles. The minimum absolute atomic E-state index is 0.523. The Bertz CT molecular complexity index is 338. The zero-order valence-corrected chi connectivity index (χ0v) is 9.12. The predicted octanol–water partition coefficient (Wildman–Crippen LogP) is 1.77. The van der Waals surface area contributed by atoms with Crippen LogP contribution in [0.1, 0.15) is 18.4 Å². The minimum atomic E-state index is 0.523. The van der Waals surface area contributed by atoms with Gasteiger partial charge in [0.15, 0.2) is 0 Å². The molecular formula is C12H18N2O. The summed E-state index contributed by atoms with van der Waals surface area (Å²) in [7, 11) is 1.70. The third-order valence-electron chi connectivity index (χ3n) is 2.95. The van der Waals surface area contributed by atoms with Crippen LogP contribution in [-0.4, -0.2) is 19.7 Å². The van der Waals surface area contributed by atoms with Crippen molar-refractivity contribution in [1.82, 2.24) is 0 Å². The fraction of sp³-hybridized carbons (Fsp3) is 0.500. The van der Waals surface area contributed by atoms with Gasteiger partial charge < -0.3 is 15.8 Å². The van der Waals surface area contributed by atoms with Gasteiger partial charge in [0.25, 0.3) is 0 Å². The van der Waals surface area contributed by atoms with Crippen LogP contribution < -0.4 is 15.8 Å². The lowest BCUT2D eigenvalue weighted by Gasteiger charge is -2.27. The molecule has 0 fully saturated rings. The number of hydrogen-bond donors (Lipinski definition) is 2. The molecule has 0 bridgehead atoms. The second-order valence-electron chi connectivity index (χ2n) is 3.98. The quantitative estimate of drug-likeness (QED) is 0.792. The van der Waals surface area contributed by atoms with E-state index in [4.69, 9.17) is 10.5 Å². The van der Waals surface area contributed by atoms with E-state index >= 15 is 0 Å². The lowest BCUT2D eigenvalue weighted by atomic mass is 9.96. The van der Waals surface area contributed by atoms with E-state index in [0.29, 0.717) is 6.04 Å². The predicted molar refractivity (Wildman–Crippen MR) is 62.4 cm³/mol. The Morgan fingerprint density at radius 2 is 2.40 bits per heavy atom. The van der Waals surface area contributed by atoms with Crippen LogP contribution in [0.15, 0.2) is 18.2 Å². The first-order valence-electron chi connectivity index (χ1n) is 5.47. The maximum Gasteiger partial charge on any atom is 0.120 e. The molecule has 0 saturated heterocycles. The number of anilines is 1. The van der Waals surface area contributed by atoms with Crippen LogP contribution in [0.3, 0.4) is 0 Å². The molecule has 3 nitrogen and oxygen atoms in total. The van der Waals surface area contributed by atoms with Crippen molar-refractivity contribution in [3.8, 4) is 5.75 Å². The van der Waals surface area contributed by atoms with Crippen molar-refractivity contribution < 1.29 is 4.74 Å². The van der Waals surface area contributed by atoms with Gasteiger partial charge in [0.05, 0.1) is 7.11 Å². The van der Waals surface area contributed by atoms with Crippen LogP contribution >= 0.6 is 0 Å². The van der Waals surface area contributed by atoms with Crippen molar-refractivity contribution in [2.45, 2.75) is 25.3 Å². The number of nitrogens with two attached hydrogens (primary N) is 1. The van der Waals surface area contributed by atoms with E-state index in [1.54, 1.807) is 7.11 Å². The van der Waals surface area contributed by atoms with E-state index in [0.717, 1.165) is 25.1 Å². The monoisotopic (exact) mass is 206 g/mol. The molecule has 3 heteroatoms. The Labute approximate surface area is 90.6 Å². The second-order valence-corrected chi connectivity index (χ2v) is 3.98. The molecule has 0 saturated carbocycles. The van der Waals surface area contributed by atoms with Gasteiger partial charge in [-0.25, -0.2) is 0 Å². The van der Waals surface area contributed by atoms with Gasteiger partial charge >= 0.3 is 0 Å². The van der Waals surface area contributed by atoms with Gasteiger partial charge in [-0.2, -0.15) is 0 Å². The molecule has 3 N–H and O–H groups in total. The number of benzene rings is 1. The molecule has 0 radical (unpaired) electrons. The topological polar surface area (TPSA) is 47.3 Å². The fourth-order valence-corrected chi connectivity index (χ4v) is 2.07. The van der Waals surface area contributed by atoms with E-state index in [2.05, 4.69) is 17.4 Å². The van der Waals surface area contributed by atoms with E-state index in [9.17, 15) is 0 Å². The first-order valence-corrected chi connectivity index (χ1v) is 5.47. The highest BCUT2D eigenvalue weighted by Crippen LogP contribution is 2.29. The standard InChI is InChI=1S/C12H18N2O/c1-15-11-5-3-9-2-4-10(6-7-13)14-12(9)8-11/h3,5,8,10,14H,2,4,6-7,13H2,1H3. The van der Waals surface area contributed by atoms with Crippen molar-refractivity contribution in [1.29, 1.82) is 0 Å². The van der Waals surface area contributed by atoms with Crippen molar-refractivity contribution >= 4 is 5.69 Å². The molecule has 0 amide bonds. The molecule has 1 atom stereocenters. The Kier molecular flexibility index (Phi) is 3.11. The SMILES string of the molecule is COc1ccc2c(c1)NC(CCN)CC2. The molecule has 15 heavy (non-hydrogen) atoms. The Morgan fingerprint density at radius 1 is 1.53 bits per heavy atom.